The van der Waals surface area contributed by atoms with Gasteiger partial charge in [0.2, 0.25) is 0 Å². The molecule has 5 rings (SSSR count). The van der Waals surface area contributed by atoms with E-state index in [1.165, 1.54) is 38.5 Å². The summed E-state index contributed by atoms with van der Waals surface area (Å²) in [4.78, 5) is 0. The fraction of sp³-hybridized carbons (Fsp3) is 1.00. The summed E-state index contributed by atoms with van der Waals surface area (Å²) in [6.45, 7) is 0. The molecule has 0 aromatic rings. The topological polar surface area (TPSA) is 12.0 Å². The number of nitrogens with one attached hydrogen (secondary N) is 1. The first kappa shape index (κ1) is 12.7. The Kier molecular flexibility index (Phi) is 2.99. The summed E-state index contributed by atoms with van der Waals surface area (Å²) in [7, 11) is 2.24. The van der Waals surface area contributed by atoms with E-state index in [-0.39, 0.29) is 0 Å². The molecule has 1 heteroatoms. The Bertz CT molecular complexity index is 304. The number of hydrogen-bond donors (Lipinski definition) is 1. The molecule has 5 aliphatic carbocycles. The van der Waals surface area contributed by atoms with Crippen LogP contribution in [-0.4, -0.2) is 12.6 Å². The Hall–Kier alpha value is -0.0400. The maximum atomic E-state index is 3.79. The van der Waals surface area contributed by atoms with Crippen LogP contribution in [-0.2, 0) is 0 Å². The molecule has 0 atom stereocenters. The minimum atomic E-state index is 0.518. The number of rotatable bonds is 3. The summed E-state index contributed by atoms with van der Waals surface area (Å²) in [6, 6.07) is 0. The summed E-state index contributed by atoms with van der Waals surface area (Å²) >= 11 is 0. The van der Waals surface area contributed by atoms with Gasteiger partial charge in [-0.3, -0.25) is 0 Å². The van der Waals surface area contributed by atoms with Gasteiger partial charge in [0.15, 0.2) is 0 Å². The molecule has 0 radical (unpaired) electrons. The van der Waals surface area contributed by atoms with Gasteiger partial charge in [-0.05, 0) is 88.0 Å². The summed E-state index contributed by atoms with van der Waals surface area (Å²) in [5, 5.41) is 3.79. The van der Waals surface area contributed by atoms with Crippen molar-refractivity contribution < 1.29 is 0 Å². The van der Waals surface area contributed by atoms with Crippen molar-refractivity contribution in [3.8, 4) is 0 Å². The lowest BCUT2D eigenvalue weighted by atomic mass is 9.47. The summed E-state index contributed by atoms with van der Waals surface area (Å²) in [6.07, 6.45) is 18.3. The Balaban J connectivity index is 1.55. The van der Waals surface area contributed by atoms with Crippen LogP contribution in [0.5, 0.6) is 0 Å². The van der Waals surface area contributed by atoms with Gasteiger partial charge in [0, 0.05) is 5.54 Å². The zero-order valence-electron chi connectivity index (χ0n) is 12.7. The maximum absolute atomic E-state index is 3.79. The van der Waals surface area contributed by atoms with Crippen LogP contribution < -0.4 is 5.32 Å². The molecule has 1 nitrogen and oxygen atoms in total. The van der Waals surface area contributed by atoms with Gasteiger partial charge in [-0.2, -0.15) is 0 Å². The largest absolute Gasteiger partial charge is 0.314 e. The van der Waals surface area contributed by atoms with E-state index in [9.17, 15) is 0 Å². The van der Waals surface area contributed by atoms with Crippen molar-refractivity contribution in [3.63, 3.8) is 0 Å². The second-order valence-electron chi connectivity index (χ2n) is 8.69. The predicted octanol–water partition coefficient (Wildman–Crippen LogP) is 4.52. The van der Waals surface area contributed by atoms with E-state index in [4.69, 9.17) is 0 Å². The molecule has 19 heavy (non-hydrogen) atoms. The third-order valence-corrected chi connectivity index (χ3v) is 7.22. The summed E-state index contributed by atoms with van der Waals surface area (Å²) in [5.41, 5.74) is 1.28. The molecule has 0 saturated heterocycles. The van der Waals surface area contributed by atoms with Crippen molar-refractivity contribution in [2.45, 2.75) is 82.6 Å². The van der Waals surface area contributed by atoms with Crippen LogP contribution in [0, 0.1) is 23.2 Å². The lowest BCUT2D eigenvalue weighted by molar-refractivity contribution is -0.0741. The fourth-order valence-electron chi connectivity index (χ4n) is 6.97. The smallest absolute Gasteiger partial charge is 0.0183 e. The van der Waals surface area contributed by atoms with E-state index < -0.39 is 0 Å². The summed E-state index contributed by atoms with van der Waals surface area (Å²) in [5.74, 6) is 3.34. The molecule has 0 spiro atoms. The van der Waals surface area contributed by atoms with Crippen molar-refractivity contribution >= 4 is 0 Å². The monoisotopic (exact) mass is 261 g/mol. The normalized spacial score (nSPS) is 47.5. The second kappa shape index (κ2) is 4.48. The van der Waals surface area contributed by atoms with Gasteiger partial charge in [-0.15, -0.1) is 0 Å². The molecule has 0 aliphatic heterocycles. The van der Waals surface area contributed by atoms with Crippen LogP contribution >= 0.6 is 0 Å². The SMILES string of the molecule is CNC1(CC23CC4CC(CC(C4)C2)C3)CCCCC1. The standard InChI is InChI=1S/C18H31N/c1-19-18(5-3-2-4-6-18)13-17-10-14-7-15(11-17)9-16(8-14)12-17/h14-16,19H,2-13H2,1H3. The molecule has 108 valence electrons. The lowest BCUT2D eigenvalue weighted by Gasteiger charge is -2.59. The Morgan fingerprint density at radius 3 is 1.84 bits per heavy atom. The van der Waals surface area contributed by atoms with Gasteiger partial charge in [-0.25, -0.2) is 0 Å². The quantitative estimate of drug-likeness (QED) is 0.788. The highest BCUT2D eigenvalue weighted by atomic mass is 14.9. The van der Waals surface area contributed by atoms with Gasteiger partial charge < -0.3 is 5.32 Å². The van der Waals surface area contributed by atoms with Crippen LogP contribution in [0.15, 0.2) is 0 Å². The Labute approximate surface area is 118 Å². The fourth-order valence-corrected chi connectivity index (χ4v) is 6.97. The minimum Gasteiger partial charge on any atom is -0.314 e. The molecule has 1 N–H and O–H groups in total. The van der Waals surface area contributed by atoms with Crippen molar-refractivity contribution in [1.82, 2.24) is 5.32 Å². The molecule has 0 unspecified atom stereocenters. The Morgan fingerprint density at radius 2 is 1.37 bits per heavy atom. The highest BCUT2D eigenvalue weighted by molar-refractivity contribution is 5.06. The van der Waals surface area contributed by atoms with Gasteiger partial charge >= 0.3 is 0 Å². The maximum Gasteiger partial charge on any atom is 0.0183 e. The van der Waals surface area contributed by atoms with E-state index >= 15 is 0 Å². The molecule has 5 fully saturated rings. The van der Waals surface area contributed by atoms with Crippen molar-refractivity contribution in [1.29, 1.82) is 0 Å². The molecular weight excluding hydrogens is 230 g/mol. The molecule has 5 aliphatic rings. The molecule has 0 aromatic carbocycles. The third-order valence-electron chi connectivity index (χ3n) is 7.22. The van der Waals surface area contributed by atoms with Gasteiger partial charge in [0.05, 0.1) is 0 Å². The van der Waals surface area contributed by atoms with Crippen LogP contribution in [0.2, 0.25) is 0 Å². The van der Waals surface area contributed by atoms with E-state index in [0.717, 1.165) is 23.2 Å². The average molecular weight is 261 g/mol. The minimum absolute atomic E-state index is 0.518. The number of hydrogen-bond acceptors (Lipinski definition) is 1. The van der Waals surface area contributed by atoms with Crippen LogP contribution in [0.3, 0.4) is 0 Å². The zero-order valence-corrected chi connectivity index (χ0v) is 12.7. The Morgan fingerprint density at radius 1 is 0.842 bits per heavy atom. The van der Waals surface area contributed by atoms with Crippen molar-refractivity contribution in [2.75, 3.05) is 7.05 Å². The molecule has 0 amide bonds. The molecule has 5 saturated carbocycles. The van der Waals surface area contributed by atoms with Crippen LogP contribution in [0.4, 0.5) is 0 Å². The predicted molar refractivity (Wildman–Crippen MR) is 80.1 cm³/mol. The van der Waals surface area contributed by atoms with E-state index in [1.54, 1.807) is 38.5 Å². The zero-order chi connectivity index (χ0) is 12.9. The highest BCUT2D eigenvalue weighted by Gasteiger charge is 2.53. The van der Waals surface area contributed by atoms with E-state index in [1.807, 2.05) is 0 Å². The average Bonchev–Trinajstić information content (AvgIpc) is 2.37. The highest BCUT2D eigenvalue weighted by Crippen LogP contribution is 2.63. The van der Waals surface area contributed by atoms with E-state index in [0.29, 0.717) is 5.54 Å². The van der Waals surface area contributed by atoms with E-state index in [2.05, 4.69) is 12.4 Å². The first-order valence-electron chi connectivity index (χ1n) is 8.90. The molecular formula is C18H31N. The molecule has 0 aromatic heterocycles. The van der Waals surface area contributed by atoms with Gasteiger partial charge in [-0.1, -0.05) is 19.3 Å². The van der Waals surface area contributed by atoms with Crippen molar-refractivity contribution in [2.24, 2.45) is 23.2 Å². The van der Waals surface area contributed by atoms with Gasteiger partial charge in [0.1, 0.15) is 0 Å². The first-order valence-corrected chi connectivity index (χ1v) is 8.90. The van der Waals surface area contributed by atoms with Crippen LogP contribution in [0.1, 0.15) is 77.0 Å². The third kappa shape index (κ3) is 2.17. The van der Waals surface area contributed by atoms with Crippen LogP contribution in [0.25, 0.3) is 0 Å². The first-order chi connectivity index (χ1) is 9.21. The molecule has 4 bridgehead atoms. The lowest BCUT2D eigenvalue weighted by Crippen LogP contribution is -2.54. The summed E-state index contributed by atoms with van der Waals surface area (Å²) < 4.78 is 0. The second-order valence-corrected chi connectivity index (χ2v) is 8.69. The molecule has 0 heterocycles. The van der Waals surface area contributed by atoms with Gasteiger partial charge in [0.25, 0.3) is 0 Å². The van der Waals surface area contributed by atoms with Crippen molar-refractivity contribution in [3.05, 3.63) is 0 Å².